The number of ether oxygens (including phenoxy) is 4. The normalized spacial score (nSPS) is 13.4. The number of fused-ring (bicyclic) bond motifs is 1. The summed E-state index contributed by atoms with van der Waals surface area (Å²) < 4.78 is 34.7. The number of aromatic nitrogens is 1. The molecular formula is C23H23FN2O5S. The van der Waals surface area contributed by atoms with E-state index in [9.17, 15) is 9.18 Å². The van der Waals surface area contributed by atoms with Crippen LogP contribution in [0, 0.1) is 5.82 Å². The van der Waals surface area contributed by atoms with Gasteiger partial charge < -0.3 is 23.8 Å². The summed E-state index contributed by atoms with van der Waals surface area (Å²) >= 11 is 1.32. The van der Waals surface area contributed by atoms with E-state index in [2.05, 4.69) is 4.98 Å². The number of benzene rings is 2. The second-order valence-electron chi connectivity index (χ2n) is 7.06. The molecule has 0 atom stereocenters. The zero-order valence-electron chi connectivity index (χ0n) is 18.0. The minimum absolute atomic E-state index is 0.119. The molecule has 2 heterocycles. The van der Waals surface area contributed by atoms with E-state index in [1.807, 2.05) is 6.07 Å². The lowest BCUT2D eigenvalue weighted by atomic mass is 10.1. The number of amides is 1. The number of methoxy groups -OCH3 is 3. The minimum Gasteiger partial charge on any atom is -0.493 e. The highest BCUT2D eigenvalue weighted by Crippen LogP contribution is 2.36. The first kappa shape index (κ1) is 22.2. The third-order valence-corrected chi connectivity index (χ3v) is 6.29. The predicted octanol–water partition coefficient (Wildman–Crippen LogP) is 4.16. The van der Waals surface area contributed by atoms with E-state index >= 15 is 0 Å². The fourth-order valence-corrected chi connectivity index (χ4v) is 4.49. The van der Waals surface area contributed by atoms with Crippen LogP contribution < -0.4 is 14.4 Å². The summed E-state index contributed by atoms with van der Waals surface area (Å²) in [5, 5.41) is 0.706. The van der Waals surface area contributed by atoms with Crippen molar-refractivity contribution in [1.29, 1.82) is 0 Å². The van der Waals surface area contributed by atoms with Crippen LogP contribution in [-0.4, -0.2) is 51.7 Å². The van der Waals surface area contributed by atoms with Gasteiger partial charge in [0, 0.05) is 44.5 Å². The highest BCUT2D eigenvalue weighted by atomic mass is 32.1. The highest BCUT2D eigenvalue weighted by molar-refractivity contribution is 7.17. The number of rotatable bonds is 8. The average molecular weight is 459 g/mol. The second-order valence-corrected chi connectivity index (χ2v) is 8.05. The molecule has 2 aromatic carbocycles. The molecule has 0 aliphatic carbocycles. The van der Waals surface area contributed by atoms with Crippen molar-refractivity contribution < 1.29 is 28.1 Å². The monoisotopic (exact) mass is 458 g/mol. The molecule has 0 radical (unpaired) electrons. The molecule has 9 heteroatoms. The average Bonchev–Trinajstić information content (AvgIpc) is 3.26. The predicted molar refractivity (Wildman–Crippen MR) is 119 cm³/mol. The summed E-state index contributed by atoms with van der Waals surface area (Å²) in [6.07, 6.45) is 0.131. The number of carbonyl (C=O) groups is 1. The van der Waals surface area contributed by atoms with E-state index in [1.54, 1.807) is 36.3 Å². The molecule has 32 heavy (non-hydrogen) atoms. The fraction of sp³-hybridized carbons (Fsp3) is 0.304. The van der Waals surface area contributed by atoms with Gasteiger partial charge in [-0.1, -0.05) is 0 Å². The van der Waals surface area contributed by atoms with Crippen molar-refractivity contribution in [1.82, 2.24) is 4.98 Å². The SMILES string of the molecule is COc1cc(N2CCc3nc(-c4ccc(F)cc4)sc3C2=O)ccc1OCC(OC)OC. The second kappa shape index (κ2) is 9.64. The van der Waals surface area contributed by atoms with Crippen LogP contribution in [0.25, 0.3) is 10.6 Å². The summed E-state index contributed by atoms with van der Waals surface area (Å²) in [6, 6.07) is 11.5. The van der Waals surface area contributed by atoms with Crippen LogP contribution in [0.4, 0.5) is 10.1 Å². The van der Waals surface area contributed by atoms with Gasteiger partial charge in [-0.25, -0.2) is 9.37 Å². The number of anilines is 1. The van der Waals surface area contributed by atoms with Crippen LogP contribution in [0.5, 0.6) is 11.5 Å². The first-order chi connectivity index (χ1) is 15.5. The Hall–Kier alpha value is -3.01. The van der Waals surface area contributed by atoms with Crippen LogP contribution in [0.15, 0.2) is 42.5 Å². The Bertz CT molecular complexity index is 1100. The Morgan fingerprint density at radius 2 is 1.84 bits per heavy atom. The molecule has 0 fully saturated rings. The quantitative estimate of drug-likeness (QED) is 0.472. The van der Waals surface area contributed by atoms with E-state index in [4.69, 9.17) is 18.9 Å². The van der Waals surface area contributed by atoms with E-state index in [0.717, 1.165) is 11.3 Å². The van der Waals surface area contributed by atoms with Gasteiger partial charge in [0.05, 0.1) is 12.8 Å². The third kappa shape index (κ3) is 4.45. The molecule has 0 N–H and O–H groups in total. The fourth-order valence-electron chi connectivity index (χ4n) is 3.43. The molecule has 7 nitrogen and oxygen atoms in total. The number of hydrogen-bond acceptors (Lipinski definition) is 7. The van der Waals surface area contributed by atoms with Crippen molar-refractivity contribution in [2.75, 3.05) is 39.4 Å². The summed E-state index contributed by atoms with van der Waals surface area (Å²) in [5.74, 6) is 0.602. The molecule has 0 saturated carbocycles. The van der Waals surface area contributed by atoms with Crippen LogP contribution >= 0.6 is 11.3 Å². The standard InChI is InChI=1S/C23H23FN2O5S/c1-28-19-12-16(8-9-18(19)31-13-20(29-2)30-3)26-11-10-17-21(23(26)27)32-22(25-17)14-4-6-15(24)7-5-14/h4-9,12,20H,10-11,13H2,1-3H3. The van der Waals surface area contributed by atoms with Crippen LogP contribution in [0.2, 0.25) is 0 Å². The van der Waals surface area contributed by atoms with E-state index in [0.29, 0.717) is 40.0 Å². The van der Waals surface area contributed by atoms with Gasteiger partial charge in [-0.05, 0) is 36.4 Å². The first-order valence-electron chi connectivity index (χ1n) is 9.98. The Labute approximate surface area is 189 Å². The molecule has 4 rings (SSSR count). The molecule has 1 aromatic heterocycles. The van der Waals surface area contributed by atoms with Gasteiger partial charge in [-0.3, -0.25) is 4.79 Å². The molecule has 1 amide bonds. The third-order valence-electron chi connectivity index (χ3n) is 5.16. The van der Waals surface area contributed by atoms with E-state index in [1.165, 1.54) is 37.7 Å². The molecule has 3 aromatic rings. The minimum atomic E-state index is -0.497. The van der Waals surface area contributed by atoms with Crippen molar-refractivity contribution in [3.63, 3.8) is 0 Å². The summed E-state index contributed by atoms with van der Waals surface area (Å²) in [6.45, 7) is 0.693. The Morgan fingerprint density at radius 1 is 1.09 bits per heavy atom. The molecule has 0 unspecified atom stereocenters. The number of nitrogens with zero attached hydrogens (tertiary/aromatic N) is 2. The maximum Gasteiger partial charge on any atom is 0.270 e. The number of thiazole rings is 1. The summed E-state index contributed by atoms with van der Waals surface area (Å²) in [4.78, 5) is 20.1. The molecule has 0 saturated heterocycles. The van der Waals surface area contributed by atoms with Gasteiger partial charge in [-0.15, -0.1) is 11.3 Å². The van der Waals surface area contributed by atoms with Gasteiger partial charge in [0.15, 0.2) is 17.8 Å². The largest absolute Gasteiger partial charge is 0.493 e. The molecule has 0 spiro atoms. The van der Waals surface area contributed by atoms with Crippen molar-refractivity contribution in [3.05, 3.63) is 58.9 Å². The number of hydrogen-bond donors (Lipinski definition) is 0. The van der Waals surface area contributed by atoms with Crippen molar-refractivity contribution >= 4 is 22.9 Å². The van der Waals surface area contributed by atoms with Crippen molar-refractivity contribution in [2.24, 2.45) is 0 Å². The Morgan fingerprint density at radius 3 is 2.53 bits per heavy atom. The van der Waals surface area contributed by atoms with Crippen LogP contribution in [-0.2, 0) is 15.9 Å². The molecule has 1 aliphatic heterocycles. The zero-order chi connectivity index (χ0) is 22.7. The molecule has 168 valence electrons. The summed E-state index contributed by atoms with van der Waals surface area (Å²) in [7, 11) is 4.62. The lowest BCUT2D eigenvalue weighted by Crippen LogP contribution is -2.36. The lowest BCUT2D eigenvalue weighted by Gasteiger charge is -2.26. The Kier molecular flexibility index (Phi) is 6.69. The van der Waals surface area contributed by atoms with Gasteiger partial charge in [0.25, 0.3) is 5.91 Å². The number of carbonyl (C=O) groups excluding carboxylic acids is 1. The van der Waals surface area contributed by atoms with Gasteiger partial charge in [0.1, 0.15) is 22.3 Å². The molecular weight excluding hydrogens is 435 g/mol. The van der Waals surface area contributed by atoms with E-state index in [-0.39, 0.29) is 18.3 Å². The maximum absolute atomic E-state index is 13.2. The molecule has 0 bridgehead atoms. The van der Waals surface area contributed by atoms with Gasteiger partial charge in [0.2, 0.25) is 0 Å². The Balaban J connectivity index is 1.55. The maximum atomic E-state index is 13.2. The lowest BCUT2D eigenvalue weighted by molar-refractivity contribution is -0.122. The van der Waals surface area contributed by atoms with Gasteiger partial charge >= 0.3 is 0 Å². The zero-order valence-corrected chi connectivity index (χ0v) is 18.8. The first-order valence-corrected chi connectivity index (χ1v) is 10.8. The molecule has 1 aliphatic rings. The van der Waals surface area contributed by atoms with Gasteiger partial charge in [-0.2, -0.15) is 0 Å². The number of halogens is 1. The van der Waals surface area contributed by atoms with Crippen LogP contribution in [0.3, 0.4) is 0 Å². The topological polar surface area (TPSA) is 70.1 Å². The van der Waals surface area contributed by atoms with Crippen molar-refractivity contribution in [3.8, 4) is 22.1 Å². The van der Waals surface area contributed by atoms with Crippen molar-refractivity contribution in [2.45, 2.75) is 12.7 Å². The van der Waals surface area contributed by atoms with E-state index < -0.39 is 6.29 Å². The highest BCUT2D eigenvalue weighted by Gasteiger charge is 2.30. The smallest absolute Gasteiger partial charge is 0.270 e. The summed E-state index contributed by atoms with van der Waals surface area (Å²) in [5.41, 5.74) is 2.27. The van der Waals surface area contributed by atoms with Crippen LogP contribution in [0.1, 0.15) is 15.4 Å².